The van der Waals surface area contributed by atoms with Gasteiger partial charge in [0, 0.05) is 37.4 Å². The van der Waals surface area contributed by atoms with E-state index >= 15 is 0 Å². The first-order valence-electron chi connectivity index (χ1n) is 9.69. The van der Waals surface area contributed by atoms with E-state index in [1.807, 2.05) is 18.2 Å². The highest BCUT2D eigenvalue weighted by molar-refractivity contribution is 5.56. The third-order valence-electron chi connectivity index (χ3n) is 4.95. The van der Waals surface area contributed by atoms with Gasteiger partial charge in [0.2, 0.25) is 0 Å². The molecule has 1 saturated heterocycles. The van der Waals surface area contributed by atoms with Crippen molar-refractivity contribution < 1.29 is 9.66 Å². The van der Waals surface area contributed by atoms with E-state index in [1.54, 1.807) is 23.1 Å². The highest BCUT2D eigenvalue weighted by Crippen LogP contribution is 2.20. The normalized spacial score (nSPS) is 16.4. The SMILES string of the molecule is O=[N+]([O-])c1ccc(-c2ncn(CN(Cc3ccccc3)CC3CCCO3)n2)cc1. The fraction of sp³-hybridized carbons (Fsp3) is 0.333. The van der Waals surface area contributed by atoms with Crippen LogP contribution >= 0.6 is 0 Å². The first kappa shape index (κ1) is 19.2. The van der Waals surface area contributed by atoms with Crippen molar-refractivity contribution in [2.75, 3.05) is 13.2 Å². The number of aromatic nitrogens is 3. The van der Waals surface area contributed by atoms with E-state index in [0.717, 1.165) is 38.1 Å². The number of non-ortho nitro benzene ring substituents is 1. The number of benzene rings is 2. The Morgan fingerprint density at radius 3 is 2.66 bits per heavy atom. The van der Waals surface area contributed by atoms with E-state index in [9.17, 15) is 10.1 Å². The molecule has 0 saturated carbocycles. The van der Waals surface area contributed by atoms with E-state index in [4.69, 9.17) is 4.74 Å². The lowest BCUT2D eigenvalue weighted by Gasteiger charge is -2.25. The fourth-order valence-electron chi connectivity index (χ4n) is 3.52. The minimum Gasteiger partial charge on any atom is -0.377 e. The van der Waals surface area contributed by atoms with Crippen molar-refractivity contribution >= 4 is 5.69 Å². The molecule has 0 spiro atoms. The molecule has 1 atom stereocenters. The summed E-state index contributed by atoms with van der Waals surface area (Å²) in [5.41, 5.74) is 2.04. The molecule has 1 aliphatic heterocycles. The van der Waals surface area contributed by atoms with Crippen molar-refractivity contribution in [3.63, 3.8) is 0 Å². The molecule has 0 aliphatic carbocycles. The molecule has 8 nitrogen and oxygen atoms in total. The predicted molar refractivity (Wildman–Crippen MR) is 108 cm³/mol. The monoisotopic (exact) mass is 393 g/mol. The van der Waals surface area contributed by atoms with Gasteiger partial charge in [0.25, 0.3) is 5.69 Å². The van der Waals surface area contributed by atoms with Gasteiger partial charge in [-0.25, -0.2) is 9.67 Å². The number of ether oxygens (including phenoxy) is 1. The number of nitro groups is 1. The van der Waals surface area contributed by atoms with Crippen molar-refractivity contribution in [1.82, 2.24) is 19.7 Å². The van der Waals surface area contributed by atoms with Gasteiger partial charge in [-0.2, -0.15) is 0 Å². The van der Waals surface area contributed by atoms with Gasteiger partial charge >= 0.3 is 0 Å². The quantitative estimate of drug-likeness (QED) is 0.430. The zero-order valence-corrected chi connectivity index (χ0v) is 16.1. The Morgan fingerprint density at radius 2 is 1.97 bits per heavy atom. The van der Waals surface area contributed by atoms with Crippen molar-refractivity contribution in [2.24, 2.45) is 0 Å². The van der Waals surface area contributed by atoms with Crippen LogP contribution < -0.4 is 0 Å². The Hall–Kier alpha value is -3.10. The Labute approximate surface area is 168 Å². The second-order valence-corrected chi connectivity index (χ2v) is 7.19. The molecule has 2 aromatic carbocycles. The Bertz CT molecular complexity index is 936. The average molecular weight is 393 g/mol. The third kappa shape index (κ3) is 5.04. The van der Waals surface area contributed by atoms with Gasteiger partial charge in [-0.1, -0.05) is 30.3 Å². The number of hydrogen-bond acceptors (Lipinski definition) is 6. The molecule has 0 radical (unpaired) electrons. The van der Waals surface area contributed by atoms with Gasteiger partial charge in [0.05, 0.1) is 17.7 Å². The molecular weight excluding hydrogens is 370 g/mol. The van der Waals surface area contributed by atoms with Crippen LogP contribution in [0.2, 0.25) is 0 Å². The van der Waals surface area contributed by atoms with Crippen molar-refractivity contribution in [2.45, 2.75) is 32.2 Å². The number of nitrogens with zero attached hydrogens (tertiary/aromatic N) is 5. The van der Waals surface area contributed by atoms with Gasteiger partial charge in [-0.05, 0) is 30.5 Å². The minimum atomic E-state index is -0.414. The zero-order valence-electron chi connectivity index (χ0n) is 16.1. The predicted octanol–water partition coefficient (Wildman–Crippen LogP) is 3.49. The second-order valence-electron chi connectivity index (χ2n) is 7.19. The lowest BCUT2D eigenvalue weighted by molar-refractivity contribution is -0.384. The summed E-state index contributed by atoms with van der Waals surface area (Å²) in [6.07, 6.45) is 4.13. The summed E-state index contributed by atoms with van der Waals surface area (Å²) >= 11 is 0. The summed E-state index contributed by atoms with van der Waals surface area (Å²) in [6, 6.07) is 16.6. The lowest BCUT2D eigenvalue weighted by Crippen LogP contribution is -2.33. The maximum absolute atomic E-state index is 10.8. The largest absolute Gasteiger partial charge is 0.377 e. The van der Waals surface area contributed by atoms with Gasteiger partial charge in [0.15, 0.2) is 5.82 Å². The Kier molecular flexibility index (Phi) is 5.92. The van der Waals surface area contributed by atoms with Crippen molar-refractivity contribution in [3.8, 4) is 11.4 Å². The van der Waals surface area contributed by atoms with Gasteiger partial charge in [-0.3, -0.25) is 15.0 Å². The Morgan fingerprint density at radius 1 is 1.17 bits per heavy atom. The van der Waals surface area contributed by atoms with Crippen molar-refractivity contribution in [3.05, 3.63) is 76.6 Å². The molecule has 1 fully saturated rings. The van der Waals surface area contributed by atoms with E-state index in [1.165, 1.54) is 17.7 Å². The highest BCUT2D eigenvalue weighted by Gasteiger charge is 2.20. The fourth-order valence-corrected chi connectivity index (χ4v) is 3.52. The van der Waals surface area contributed by atoms with Crippen LogP contribution in [0.25, 0.3) is 11.4 Å². The summed E-state index contributed by atoms with van der Waals surface area (Å²) in [4.78, 5) is 17.1. The topological polar surface area (TPSA) is 86.3 Å². The van der Waals surface area contributed by atoms with Crippen LogP contribution in [0.15, 0.2) is 60.9 Å². The zero-order chi connectivity index (χ0) is 20.1. The maximum Gasteiger partial charge on any atom is 0.269 e. The first-order valence-corrected chi connectivity index (χ1v) is 9.69. The molecule has 1 aliphatic rings. The molecule has 2 heterocycles. The molecule has 1 unspecified atom stereocenters. The number of hydrogen-bond donors (Lipinski definition) is 0. The lowest BCUT2D eigenvalue weighted by atomic mass is 10.2. The number of nitro benzene ring substituents is 1. The van der Waals surface area contributed by atoms with E-state index in [0.29, 0.717) is 12.5 Å². The number of rotatable bonds is 8. The van der Waals surface area contributed by atoms with Crippen LogP contribution in [-0.2, 0) is 18.0 Å². The van der Waals surface area contributed by atoms with Gasteiger partial charge in [-0.15, -0.1) is 5.10 Å². The molecule has 29 heavy (non-hydrogen) atoms. The molecule has 150 valence electrons. The molecule has 0 amide bonds. The third-order valence-corrected chi connectivity index (χ3v) is 4.95. The van der Waals surface area contributed by atoms with Crippen LogP contribution in [0.5, 0.6) is 0 Å². The van der Waals surface area contributed by atoms with E-state index < -0.39 is 4.92 Å². The maximum atomic E-state index is 10.8. The highest BCUT2D eigenvalue weighted by atomic mass is 16.6. The van der Waals surface area contributed by atoms with Crippen LogP contribution in [0.1, 0.15) is 18.4 Å². The van der Waals surface area contributed by atoms with Crippen LogP contribution in [0, 0.1) is 10.1 Å². The summed E-state index contributed by atoms with van der Waals surface area (Å²) in [5, 5.41) is 15.4. The molecule has 3 aromatic rings. The van der Waals surface area contributed by atoms with Crippen LogP contribution in [0.3, 0.4) is 0 Å². The standard InChI is InChI=1S/C21H23N5O3/c27-26(28)19-10-8-18(9-11-19)21-22-15-25(23-21)16-24(14-20-7-4-12-29-20)13-17-5-2-1-3-6-17/h1-3,5-6,8-11,15,20H,4,7,12-14,16H2. The average Bonchev–Trinajstić information content (AvgIpc) is 3.41. The summed E-state index contributed by atoms with van der Waals surface area (Å²) in [6.45, 7) is 3.06. The van der Waals surface area contributed by atoms with E-state index in [-0.39, 0.29) is 11.8 Å². The van der Waals surface area contributed by atoms with Crippen molar-refractivity contribution in [1.29, 1.82) is 0 Å². The summed E-state index contributed by atoms with van der Waals surface area (Å²) in [7, 11) is 0. The second kappa shape index (κ2) is 8.93. The molecular formula is C21H23N5O3. The molecule has 0 N–H and O–H groups in total. The minimum absolute atomic E-state index is 0.0544. The smallest absolute Gasteiger partial charge is 0.269 e. The molecule has 4 rings (SSSR count). The summed E-state index contributed by atoms with van der Waals surface area (Å²) < 4.78 is 7.62. The van der Waals surface area contributed by atoms with E-state index in [2.05, 4.69) is 27.1 Å². The van der Waals surface area contributed by atoms with Gasteiger partial charge < -0.3 is 4.74 Å². The molecule has 1 aromatic heterocycles. The van der Waals surface area contributed by atoms with Crippen LogP contribution in [0.4, 0.5) is 5.69 Å². The van der Waals surface area contributed by atoms with Gasteiger partial charge in [0.1, 0.15) is 6.33 Å². The van der Waals surface area contributed by atoms with Crippen LogP contribution in [-0.4, -0.2) is 43.8 Å². The first-order chi connectivity index (χ1) is 14.2. The molecule has 8 heteroatoms. The Balaban J connectivity index is 1.47. The molecule has 0 bridgehead atoms. The summed E-state index contributed by atoms with van der Waals surface area (Å²) in [5.74, 6) is 0.552.